The summed E-state index contributed by atoms with van der Waals surface area (Å²) in [5.41, 5.74) is 6.14. The molecule has 1 atom stereocenters. The Labute approximate surface area is 179 Å². The Balaban J connectivity index is 1.62. The van der Waals surface area contributed by atoms with E-state index in [1.54, 1.807) is 11.2 Å². The second kappa shape index (κ2) is 8.53. The minimum atomic E-state index is -3.09. The van der Waals surface area contributed by atoms with Crippen molar-refractivity contribution < 1.29 is 8.42 Å². The lowest BCUT2D eigenvalue weighted by atomic mass is 9.89. The van der Waals surface area contributed by atoms with Crippen LogP contribution < -0.4 is 5.32 Å². The lowest BCUT2D eigenvalue weighted by molar-refractivity contribution is 0.321. The normalized spacial score (nSPS) is 17.4. The Morgan fingerprint density at radius 2 is 1.87 bits per heavy atom. The van der Waals surface area contributed by atoms with E-state index in [2.05, 4.69) is 65.9 Å². The average molecular weight is 426 g/mol. The highest BCUT2D eigenvalue weighted by Gasteiger charge is 2.28. The van der Waals surface area contributed by atoms with E-state index in [0.29, 0.717) is 25.0 Å². The standard InChI is InChI=1S/C24H31N3O2S/c1-4-30(28,29)27-12-10-18(11-13-27)23-16-26-24-9-8-21(15-22(23)24)20-7-5-6-19(14-20)17(2)25-3/h5-9,14-18,25-26H,4,10-13H2,1-3H3. The third-order valence-electron chi connectivity index (χ3n) is 6.52. The van der Waals surface area contributed by atoms with Gasteiger partial charge in [0.15, 0.2) is 0 Å². The van der Waals surface area contributed by atoms with Crippen molar-refractivity contribution in [2.45, 2.75) is 38.6 Å². The fraction of sp³-hybridized carbons (Fsp3) is 0.417. The van der Waals surface area contributed by atoms with Gasteiger partial charge in [0.25, 0.3) is 0 Å². The van der Waals surface area contributed by atoms with E-state index >= 15 is 0 Å². The van der Waals surface area contributed by atoms with Gasteiger partial charge in [0.2, 0.25) is 10.0 Å². The zero-order valence-corrected chi connectivity index (χ0v) is 18.8. The van der Waals surface area contributed by atoms with Gasteiger partial charge in [-0.05, 0) is 80.1 Å². The Bertz CT molecular complexity index is 1130. The van der Waals surface area contributed by atoms with Crippen LogP contribution in [0.2, 0.25) is 0 Å². The summed E-state index contributed by atoms with van der Waals surface area (Å²) >= 11 is 0. The molecule has 5 nitrogen and oxygen atoms in total. The fourth-order valence-corrected chi connectivity index (χ4v) is 5.57. The largest absolute Gasteiger partial charge is 0.361 e. The molecule has 2 heterocycles. The van der Waals surface area contributed by atoms with Crippen LogP contribution in [0.3, 0.4) is 0 Å². The molecule has 0 saturated carbocycles. The van der Waals surface area contributed by atoms with Crippen LogP contribution in [-0.4, -0.2) is 43.6 Å². The molecule has 1 fully saturated rings. The quantitative estimate of drug-likeness (QED) is 0.604. The molecule has 1 saturated heterocycles. The molecule has 160 valence electrons. The van der Waals surface area contributed by atoms with E-state index in [-0.39, 0.29) is 5.75 Å². The number of hydrogen-bond acceptors (Lipinski definition) is 3. The lowest BCUT2D eigenvalue weighted by Crippen LogP contribution is -2.38. The van der Waals surface area contributed by atoms with Gasteiger partial charge < -0.3 is 10.3 Å². The maximum absolute atomic E-state index is 12.2. The third kappa shape index (κ3) is 4.04. The van der Waals surface area contributed by atoms with Crippen molar-refractivity contribution >= 4 is 20.9 Å². The maximum Gasteiger partial charge on any atom is 0.213 e. The molecule has 1 unspecified atom stereocenters. The van der Waals surface area contributed by atoms with Crippen LogP contribution >= 0.6 is 0 Å². The monoisotopic (exact) mass is 425 g/mol. The van der Waals surface area contributed by atoms with Gasteiger partial charge in [0, 0.05) is 36.2 Å². The number of fused-ring (bicyclic) bond motifs is 1. The first-order chi connectivity index (χ1) is 14.4. The summed E-state index contributed by atoms with van der Waals surface area (Å²) in [5, 5.41) is 4.55. The molecule has 6 heteroatoms. The van der Waals surface area contributed by atoms with Crippen molar-refractivity contribution in [1.82, 2.24) is 14.6 Å². The van der Waals surface area contributed by atoms with Crippen LogP contribution in [0.15, 0.2) is 48.7 Å². The van der Waals surface area contributed by atoms with Gasteiger partial charge in [0.05, 0.1) is 5.75 Å². The fourth-order valence-electron chi connectivity index (χ4n) is 4.44. The highest BCUT2D eigenvalue weighted by atomic mass is 32.2. The van der Waals surface area contributed by atoms with Gasteiger partial charge in [-0.1, -0.05) is 24.3 Å². The second-order valence-corrected chi connectivity index (χ2v) is 10.5. The molecular weight excluding hydrogens is 394 g/mol. The number of nitrogens with zero attached hydrogens (tertiary/aromatic N) is 1. The number of rotatable bonds is 6. The maximum atomic E-state index is 12.2. The number of piperidine rings is 1. The van der Waals surface area contributed by atoms with Crippen molar-refractivity contribution in [3.8, 4) is 11.1 Å². The number of nitrogens with one attached hydrogen (secondary N) is 2. The van der Waals surface area contributed by atoms with E-state index in [1.807, 2.05) is 7.05 Å². The SMILES string of the molecule is CCS(=O)(=O)N1CCC(c2c[nH]c3ccc(-c4cccc(C(C)NC)c4)cc23)CC1. The molecule has 0 bridgehead atoms. The molecule has 30 heavy (non-hydrogen) atoms. The highest BCUT2D eigenvalue weighted by molar-refractivity contribution is 7.89. The zero-order valence-electron chi connectivity index (χ0n) is 18.0. The van der Waals surface area contributed by atoms with Crippen molar-refractivity contribution in [3.63, 3.8) is 0 Å². The summed E-state index contributed by atoms with van der Waals surface area (Å²) in [4.78, 5) is 3.41. The lowest BCUT2D eigenvalue weighted by Gasteiger charge is -2.30. The molecule has 0 spiro atoms. The molecule has 4 rings (SSSR count). The summed E-state index contributed by atoms with van der Waals surface area (Å²) in [6, 6.07) is 15.6. The van der Waals surface area contributed by atoms with Gasteiger partial charge in [-0.25, -0.2) is 12.7 Å². The minimum absolute atomic E-state index is 0.180. The number of sulfonamides is 1. The molecule has 1 aliphatic heterocycles. The number of aromatic nitrogens is 1. The molecule has 0 amide bonds. The number of aromatic amines is 1. The van der Waals surface area contributed by atoms with Crippen LogP contribution in [0.5, 0.6) is 0 Å². The number of hydrogen-bond donors (Lipinski definition) is 2. The van der Waals surface area contributed by atoms with E-state index in [1.165, 1.54) is 27.6 Å². The van der Waals surface area contributed by atoms with E-state index < -0.39 is 10.0 Å². The van der Waals surface area contributed by atoms with Gasteiger partial charge >= 0.3 is 0 Å². The smallest absolute Gasteiger partial charge is 0.213 e. The summed E-state index contributed by atoms with van der Waals surface area (Å²) in [6.07, 6.45) is 3.85. The topological polar surface area (TPSA) is 65.2 Å². The van der Waals surface area contributed by atoms with E-state index in [4.69, 9.17) is 0 Å². The highest BCUT2D eigenvalue weighted by Crippen LogP contribution is 2.36. The van der Waals surface area contributed by atoms with Crippen molar-refractivity contribution in [2.75, 3.05) is 25.9 Å². The van der Waals surface area contributed by atoms with E-state index in [9.17, 15) is 8.42 Å². The van der Waals surface area contributed by atoms with Crippen LogP contribution in [0.25, 0.3) is 22.0 Å². The first-order valence-corrected chi connectivity index (χ1v) is 12.4. The molecule has 1 aromatic heterocycles. The van der Waals surface area contributed by atoms with Crippen molar-refractivity contribution in [1.29, 1.82) is 0 Å². The van der Waals surface area contributed by atoms with Crippen LogP contribution in [-0.2, 0) is 10.0 Å². The van der Waals surface area contributed by atoms with Crippen molar-refractivity contribution in [3.05, 3.63) is 59.8 Å². The summed E-state index contributed by atoms with van der Waals surface area (Å²) < 4.78 is 26.0. The molecule has 0 aliphatic carbocycles. The summed E-state index contributed by atoms with van der Waals surface area (Å²) in [7, 11) is -1.11. The molecule has 3 aromatic rings. The first kappa shape index (κ1) is 21.1. The van der Waals surface area contributed by atoms with E-state index in [0.717, 1.165) is 18.4 Å². The molecule has 1 aliphatic rings. The molecular formula is C24H31N3O2S. The molecule has 0 radical (unpaired) electrons. The van der Waals surface area contributed by atoms with Gasteiger partial charge in [-0.2, -0.15) is 0 Å². The third-order valence-corrected chi connectivity index (χ3v) is 8.40. The number of H-pyrrole nitrogens is 1. The Morgan fingerprint density at radius 1 is 1.13 bits per heavy atom. The summed E-state index contributed by atoms with van der Waals surface area (Å²) in [5.74, 6) is 0.562. The number of benzene rings is 2. The predicted molar refractivity (Wildman–Crippen MR) is 124 cm³/mol. The second-order valence-electron chi connectivity index (χ2n) is 8.21. The average Bonchev–Trinajstić information content (AvgIpc) is 3.22. The first-order valence-electron chi connectivity index (χ1n) is 10.8. The van der Waals surface area contributed by atoms with Gasteiger partial charge in [0.1, 0.15) is 0 Å². The molecule has 2 N–H and O–H groups in total. The Hall–Kier alpha value is -2.15. The van der Waals surface area contributed by atoms with Crippen LogP contribution in [0, 0.1) is 0 Å². The van der Waals surface area contributed by atoms with Crippen LogP contribution in [0.1, 0.15) is 49.8 Å². The predicted octanol–water partition coefficient (Wildman–Crippen LogP) is 4.64. The van der Waals surface area contributed by atoms with Gasteiger partial charge in [-0.15, -0.1) is 0 Å². The van der Waals surface area contributed by atoms with Gasteiger partial charge in [-0.3, -0.25) is 0 Å². The Kier molecular flexibility index (Phi) is 6.00. The summed E-state index contributed by atoms with van der Waals surface area (Å²) in [6.45, 7) is 5.10. The minimum Gasteiger partial charge on any atom is -0.361 e. The Morgan fingerprint density at radius 3 is 2.57 bits per heavy atom. The van der Waals surface area contributed by atoms with Crippen molar-refractivity contribution in [2.24, 2.45) is 0 Å². The zero-order chi connectivity index (χ0) is 21.3. The van der Waals surface area contributed by atoms with Crippen LogP contribution in [0.4, 0.5) is 0 Å². The molecule has 2 aromatic carbocycles.